The number of nitrogens with zero attached hydrogens (tertiary/aromatic N) is 3. The lowest BCUT2D eigenvalue weighted by atomic mass is 10.1. The highest BCUT2D eigenvalue weighted by Crippen LogP contribution is 2.13. The number of aliphatic hydroxyl groups is 1. The first kappa shape index (κ1) is 14.4. The van der Waals surface area contributed by atoms with Gasteiger partial charge in [0.1, 0.15) is 0 Å². The largest absolute Gasteiger partial charge is 0.464 e. The molecule has 18 heavy (non-hydrogen) atoms. The van der Waals surface area contributed by atoms with Crippen LogP contribution in [0, 0.1) is 5.92 Å². The van der Waals surface area contributed by atoms with E-state index in [0.29, 0.717) is 12.6 Å². The summed E-state index contributed by atoms with van der Waals surface area (Å²) < 4.78 is 5.20. The minimum atomic E-state index is -0.146. The first-order chi connectivity index (χ1) is 8.60. The molecular formula is C10H20N6O2. The van der Waals surface area contributed by atoms with E-state index in [9.17, 15) is 5.11 Å². The Kier molecular flexibility index (Phi) is 5.53. The molecule has 1 aromatic heterocycles. The standard InChI is InChI=1S/C10H20N6O2/c1-4-18-10-14-8(13-9(15-10)16-11)12-7(5-17)6(2)3/h6-7,17H,4-5,11H2,1-3H3,(H2,12,13,14,15,16). The molecule has 0 saturated heterocycles. The molecule has 1 unspecified atom stereocenters. The van der Waals surface area contributed by atoms with Gasteiger partial charge in [0, 0.05) is 0 Å². The molecule has 0 radical (unpaired) electrons. The first-order valence-electron chi connectivity index (χ1n) is 5.83. The maximum atomic E-state index is 9.25. The second-order valence-electron chi connectivity index (χ2n) is 4.02. The topological polar surface area (TPSA) is 118 Å². The summed E-state index contributed by atoms with van der Waals surface area (Å²) in [7, 11) is 0. The van der Waals surface area contributed by atoms with Crippen LogP contribution in [0.3, 0.4) is 0 Å². The van der Waals surface area contributed by atoms with Crippen LogP contribution >= 0.6 is 0 Å². The minimum absolute atomic E-state index is 0.0152. The maximum Gasteiger partial charge on any atom is 0.323 e. The molecule has 5 N–H and O–H groups in total. The highest BCUT2D eigenvalue weighted by Gasteiger charge is 2.15. The normalized spacial score (nSPS) is 12.3. The van der Waals surface area contributed by atoms with E-state index in [1.807, 2.05) is 20.8 Å². The van der Waals surface area contributed by atoms with Crippen LogP contribution in [0.5, 0.6) is 6.01 Å². The smallest absolute Gasteiger partial charge is 0.323 e. The van der Waals surface area contributed by atoms with E-state index in [1.165, 1.54) is 0 Å². The quantitative estimate of drug-likeness (QED) is 0.397. The fourth-order valence-electron chi connectivity index (χ4n) is 1.27. The van der Waals surface area contributed by atoms with Gasteiger partial charge in [-0.25, -0.2) is 5.84 Å². The number of hydrazine groups is 1. The Hall–Kier alpha value is -1.67. The minimum Gasteiger partial charge on any atom is -0.464 e. The van der Waals surface area contributed by atoms with Crippen molar-refractivity contribution in [1.82, 2.24) is 15.0 Å². The zero-order valence-corrected chi connectivity index (χ0v) is 10.8. The fourth-order valence-corrected chi connectivity index (χ4v) is 1.27. The van der Waals surface area contributed by atoms with Crippen LogP contribution in [0.15, 0.2) is 0 Å². The predicted molar refractivity (Wildman–Crippen MR) is 68.1 cm³/mol. The summed E-state index contributed by atoms with van der Waals surface area (Å²) in [6, 6.07) is 0.0379. The van der Waals surface area contributed by atoms with Gasteiger partial charge in [-0.2, -0.15) is 15.0 Å². The van der Waals surface area contributed by atoms with Gasteiger partial charge in [-0.15, -0.1) is 0 Å². The Labute approximate surface area is 106 Å². The Morgan fingerprint density at radius 2 is 1.94 bits per heavy atom. The summed E-state index contributed by atoms with van der Waals surface area (Å²) in [5, 5.41) is 12.3. The van der Waals surface area contributed by atoms with E-state index in [-0.39, 0.29) is 30.5 Å². The van der Waals surface area contributed by atoms with E-state index in [4.69, 9.17) is 10.6 Å². The summed E-state index contributed by atoms with van der Waals surface area (Å²) >= 11 is 0. The third-order valence-electron chi connectivity index (χ3n) is 2.33. The van der Waals surface area contributed by atoms with Crippen LogP contribution in [0.4, 0.5) is 11.9 Å². The average Bonchev–Trinajstić information content (AvgIpc) is 2.35. The van der Waals surface area contributed by atoms with Gasteiger partial charge in [0.15, 0.2) is 0 Å². The third-order valence-corrected chi connectivity index (χ3v) is 2.33. The SMILES string of the molecule is CCOc1nc(NN)nc(NC(CO)C(C)C)n1. The lowest BCUT2D eigenvalue weighted by molar-refractivity contribution is 0.248. The van der Waals surface area contributed by atoms with Crippen molar-refractivity contribution in [2.75, 3.05) is 24.0 Å². The van der Waals surface area contributed by atoms with E-state index in [1.54, 1.807) is 0 Å². The zero-order valence-electron chi connectivity index (χ0n) is 10.8. The summed E-state index contributed by atoms with van der Waals surface area (Å²) in [6.07, 6.45) is 0. The highest BCUT2D eigenvalue weighted by molar-refractivity contribution is 5.35. The third kappa shape index (κ3) is 3.97. The molecule has 1 rings (SSSR count). The van der Waals surface area contributed by atoms with Gasteiger partial charge in [-0.05, 0) is 12.8 Å². The second-order valence-corrected chi connectivity index (χ2v) is 4.02. The molecule has 0 bridgehead atoms. The Bertz CT molecular complexity index is 373. The van der Waals surface area contributed by atoms with Crippen LogP contribution in [0.1, 0.15) is 20.8 Å². The van der Waals surface area contributed by atoms with Crippen LogP contribution in [-0.2, 0) is 0 Å². The number of rotatable bonds is 7. The fraction of sp³-hybridized carbons (Fsp3) is 0.700. The monoisotopic (exact) mass is 256 g/mol. The Balaban J connectivity index is 2.89. The number of hydrogen-bond donors (Lipinski definition) is 4. The number of aliphatic hydroxyl groups excluding tert-OH is 1. The Morgan fingerprint density at radius 3 is 2.44 bits per heavy atom. The average molecular weight is 256 g/mol. The van der Waals surface area contributed by atoms with Crippen molar-refractivity contribution < 1.29 is 9.84 Å². The molecule has 0 aliphatic heterocycles. The predicted octanol–water partition coefficient (Wildman–Crippen LogP) is -0.0153. The van der Waals surface area contributed by atoms with Crippen molar-refractivity contribution in [2.24, 2.45) is 11.8 Å². The van der Waals surface area contributed by atoms with Gasteiger partial charge in [0.05, 0.1) is 19.3 Å². The summed E-state index contributed by atoms with van der Waals surface area (Å²) in [6.45, 7) is 6.23. The molecule has 0 aliphatic carbocycles. The molecule has 0 spiro atoms. The van der Waals surface area contributed by atoms with Crippen LogP contribution in [0.2, 0.25) is 0 Å². The molecule has 8 heteroatoms. The maximum absolute atomic E-state index is 9.25. The summed E-state index contributed by atoms with van der Waals surface area (Å²) in [5.74, 6) is 6.02. The van der Waals surface area contributed by atoms with E-state index in [2.05, 4.69) is 25.7 Å². The number of anilines is 2. The molecule has 0 amide bonds. The molecule has 1 heterocycles. The molecule has 0 aliphatic rings. The zero-order chi connectivity index (χ0) is 13.5. The first-order valence-corrected chi connectivity index (χ1v) is 5.83. The van der Waals surface area contributed by atoms with Gasteiger partial charge >= 0.3 is 6.01 Å². The Morgan fingerprint density at radius 1 is 1.28 bits per heavy atom. The highest BCUT2D eigenvalue weighted by atomic mass is 16.5. The van der Waals surface area contributed by atoms with Crippen molar-refractivity contribution in [2.45, 2.75) is 26.8 Å². The van der Waals surface area contributed by atoms with Gasteiger partial charge in [0.25, 0.3) is 0 Å². The van der Waals surface area contributed by atoms with Gasteiger partial charge in [-0.3, -0.25) is 5.43 Å². The molecular weight excluding hydrogens is 236 g/mol. The van der Waals surface area contributed by atoms with Crippen LogP contribution < -0.4 is 21.3 Å². The lowest BCUT2D eigenvalue weighted by Crippen LogP contribution is -2.30. The van der Waals surface area contributed by atoms with Crippen LogP contribution in [0.25, 0.3) is 0 Å². The molecule has 0 fully saturated rings. The van der Waals surface area contributed by atoms with E-state index < -0.39 is 0 Å². The molecule has 8 nitrogen and oxygen atoms in total. The molecule has 1 atom stereocenters. The number of ether oxygens (including phenoxy) is 1. The van der Waals surface area contributed by atoms with Crippen molar-refractivity contribution in [3.63, 3.8) is 0 Å². The van der Waals surface area contributed by atoms with Crippen molar-refractivity contribution in [3.8, 4) is 6.01 Å². The molecule has 0 aromatic carbocycles. The number of nitrogens with two attached hydrogens (primary N) is 1. The van der Waals surface area contributed by atoms with E-state index in [0.717, 1.165) is 0 Å². The molecule has 1 aromatic rings. The van der Waals surface area contributed by atoms with Crippen LogP contribution in [-0.4, -0.2) is 39.3 Å². The van der Waals surface area contributed by atoms with Crippen molar-refractivity contribution in [3.05, 3.63) is 0 Å². The second kappa shape index (κ2) is 6.92. The molecule has 102 valence electrons. The van der Waals surface area contributed by atoms with Gasteiger partial charge in [0.2, 0.25) is 11.9 Å². The number of nitrogens with one attached hydrogen (secondary N) is 2. The van der Waals surface area contributed by atoms with Gasteiger partial charge < -0.3 is 15.2 Å². The number of hydrogen-bond acceptors (Lipinski definition) is 8. The van der Waals surface area contributed by atoms with Crippen molar-refractivity contribution in [1.29, 1.82) is 0 Å². The lowest BCUT2D eigenvalue weighted by Gasteiger charge is -2.20. The van der Waals surface area contributed by atoms with Gasteiger partial charge in [-0.1, -0.05) is 13.8 Å². The number of nitrogen functional groups attached to an aromatic ring is 1. The number of aromatic nitrogens is 3. The molecule has 0 saturated carbocycles. The van der Waals surface area contributed by atoms with E-state index >= 15 is 0 Å². The summed E-state index contributed by atoms with van der Waals surface area (Å²) in [5.41, 5.74) is 2.34. The summed E-state index contributed by atoms with van der Waals surface area (Å²) in [4.78, 5) is 12.1. The van der Waals surface area contributed by atoms with Crippen molar-refractivity contribution >= 4 is 11.9 Å².